The van der Waals surface area contributed by atoms with E-state index in [1.165, 1.54) is 11.1 Å². The predicted octanol–water partition coefficient (Wildman–Crippen LogP) is 2.98. The minimum absolute atomic E-state index is 0.0172. The molecule has 0 saturated heterocycles. The Morgan fingerprint density at radius 2 is 2.06 bits per heavy atom. The molecule has 0 spiro atoms. The summed E-state index contributed by atoms with van der Waals surface area (Å²) in [5.74, 6) is -0.217. The van der Waals surface area contributed by atoms with Gasteiger partial charge < -0.3 is 0 Å². The number of nitrogens with zero attached hydrogens (tertiary/aromatic N) is 2. The van der Waals surface area contributed by atoms with Crippen LogP contribution in [0.2, 0.25) is 0 Å². The minimum Gasteiger partial charge on any atom is -0.266 e. The van der Waals surface area contributed by atoms with Crippen molar-refractivity contribution in [2.45, 2.75) is 25.3 Å². The van der Waals surface area contributed by atoms with E-state index in [0.29, 0.717) is 0 Å². The number of amides is 1. The van der Waals surface area contributed by atoms with Crippen LogP contribution in [0.1, 0.15) is 30.0 Å². The number of azo groups is 1. The first-order valence-corrected chi connectivity index (χ1v) is 5.58. The van der Waals surface area contributed by atoms with Gasteiger partial charge in [0.1, 0.15) is 6.04 Å². The molecule has 3 heteroatoms. The van der Waals surface area contributed by atoms with Gasteiger partial charge >= 0.3 is 0 Å². The van der Waals surface area contributed by atoms with Crippen molar-refractivity contribution in [2.75, 3.05) is 0 Å². The highest BCUT2D eigenvalue weighted by Gasteiger charge is 2.25. The number of carbonyl (C=O) groups is 1. The Hall–Kier alpha value is -1.77. The van der Waals surface area contributed by atoms with Crippen LogP contribution in [0, 0.1) is 0 Å². The molecule has 1 amide bonds. The molecule has 1 aromatic rings. The Morgan fingerprint density at radius 1 is 1.19 bits per heavy atom. The number of hydrogen-bond donors (Lipinski definition) is 0. The maximum Gasteiger partial charge on any atom is 0.287 e. The molecular formula is C13H12N2O. The van der Waals surface area contributed by atoms with Crippen molar-refractivity contribution < 1.29 is 4.79 Å². The minimum atomic E-state index is -0.217. The van der Waals surface area contributed by atoms with Gasteiger partial charge in [0, 0.05) is 6.08 Å². The highest BCUT2D eigenvalue weighted by atomic mass is 16.1. The summed E-state index contributed by atoms with van der Waals surface area (Å²) in [5, 5.41) is 7.81. The van der Waals surface area contributed by atoms with Gasteiger partial charge in [-0.2, -0.15) is 5.11 Å². The van der Waals surface area contributed by atoms with Gasteiger partial charge in [0.05, 0.1) is 0 Å². The molecule has 1 atom stereocenters. The smallest absolute Gasteiger partial charge is 0.266 e. The Morgan fingerprint density at radius 3 is 3.00 bits per heavy atom. The summed E-state index contributed by atoms with van der Waals surface area (Å²) in [6.45, 7) is 0. The highest BCUT2D eigenvalue weighted by Crippen LogP contribution is 2.37. The second-order valence-electron chi connectivity index (χ2n) is 4.23. The number of carbonyl (C=O) groups excluding carboxylic acids is 1. The molecule has 80 valence electrons. The number of rotatable bonds is 0. The lowest BCUT2D eigenvalue weighted by Gasteiger charge is -2.16. The van der Waals surface area contributed by atoms with Crippen LogP contribution in [0.3, 0.4) is 0 Å². The molecule has 0 N–H and O–H groups in total. The molecule has 0 saturated carbocycles. The van der Waals surface area contributed by atoms with Crippen LogP contribution >= 0.6 is 0 Å². The number of fused-ring (bicyclic) bond motifs is 3. The van der Waals surface area contributed by atoms with Gasteiger partial charge in [-0.1, -0.05) is 24.3 Å². The number of benzene rings is 1. The van der Waals surface area contributed by atoms with E-state index in [9.17, 15) is 4.79 Å². The number of hydrogen-bond acceptors (Lipinski definition) is 2. The monoisotopic (exact) mass is 212 g/mol. The number of aryl methyl sites for hydroxylation is 1. The molecule has 1 aromatic carbocycles. The first-order chi connectivity index (χ1) is 7.84. The molecule has 1 aliphatic heterocycles. The van der Waals surface area contributed by atoms with E-state index in [0.717, 1.165) is 24.8 Å². The van der Waals surface area contributed by atoms with Gasteiger partial charge in [-0.15, -0.1) is 5.11 Å². The van der Waals surface area contributed by atoms with Crippen LogP contribution in [0.25, 0.3) is 0 Å². The summed E-state index contributed by atoms with van der Waals surface area (Å²) in [6.07, 6.45) is 4.75. The highest BCUT2D eigenvalue weighted by molar-refractivity contribution is 5.89. The first kappa shape index (κ1) is 9.46. The summed E-state index contributed by atoms with van der Waals surface area (Å²) in [6, 6.07) is 8.29. The van der Waals surface area contributed by atoms with Crippen molar-refractivity contribution in [1.29, 1.82) is 0 Å². The second-order valence-corrected chi connectivity index (χ2v) is 4.23. The zero-order valence-corrected chi connectivity index (χ0v) is 8.89. The van der Waals surface area contributed by atoms with Crippen LogP contribution in [0.15, 0.2) is 46.1 Å². The van der Waals surface area contributed by atoms with Gasteiger partial charge in [0.25, 0.3) is 5.91 Å². The largest absolute Gasteiger partial charge is 0.287 e. The summed E-state index contributed by atoms with van der Waals surface area (Å²) in [7, 11) is 0. The lowest BCUT2D eigenvalue weighted by molar-refractivity contribution is -0.114. The molecule has 0 radical (unpaired) electrons. The zero-order chi connectivity index (χ0) is 11.0. The van der Waals surface area contributed by atoms with E-state index in [1.807, 2.05) is 6.07 Å². The molecule has 0 bridgehead atoms. The average molecular weight is 212 g/mol. The molecule has 0 aromatic heterocycles. The lowest BCUT2D eigenvalue weighted by Crippen LogP contribution is -2.06. The molecule has 3 nitrogen and oxygen atoms in total. The van der Waals surface area contributed by atoms with Gasteiger partial charge in [-0.3, -0.25) is 4.79 Å². The average Bonchev–Trinajstić information content (AvgIpc) is 2.47. The molecular weight excluding hydrogens is 200 g/mol. The SMILES string of the molecule is O=C1C=C2CCCc3ccccc3C2N=N1. The topological polar surface area (TPSA) is 41.8 Å². The fraction of sp³-hybridized carbons (Fsp3) is 0.308. The zero-order valence-electron chi connectivity index (χ0n) is 8.89. The van der Waals surface area contributed by atoms with E-state index in [2.05, 4.69) is 28.4 Å². The van der Waals surface area contributed by atoms with Gasteiger partial charge in [-0.25, -0.2) is 0 Å². The van der Waals surface area contributed by atoms with Crippen LogP contribution in [0.4, 0.5) is 0 Å². The molecule has 16 heavy (non-hydrogen) atoms. The molecule has 1 heterocycles. The standard InChI is InChI=1S/C13H12N2O/c16-12-8-10-6-3-5-9-4-1-2-7-11(9)13(10)15-14-12/h1-2,4,7-8,13H,3,5-6H2. The van der Waals surface area contributed by atoms with Gasteiger partial charge in [0.15, 0.2) is 0 Å². The van der Waals surface area contributed by atoms with Crippen LogP contribution < -0.4 is 0 Å². The van der Waals surface area contributed by atoms with E-state index in [-0.39, 0.29) is 11.9 Å². The van der Waals surface area contributed by atoms with Crippen molar-refractivity contribution in [3.8, 4) is 0 Å². The Kier molecular flexibility index (Phi) is 2.17. The molecule has 1 unspecified atom stereocenters. The van der Waals surface area contributed by atoms with Crippen LogP contribution in [-0.4, -0.2) is 5.91 Å². The Bertz CT molecular complexity index is 502. The van der Waals surface area contributed by atoms with Crippen molar-refractivity contribution in [1.82, 2.24) is 0 Å². The van der Waals surface area contributed by atoms with Crippen molar-refractivity contribution in [3.05, 3.63) is 47.0 Å². The second kappa shape index (κ2) is 3.67. The molecule has 3 rings (SSSR count). The lowest BCUT2D eigenvalue weighted by atomic mass is 9.95. The summed E-state index contributed by atoms with van der Waals surface area (Å²) in [4.78, 5) is 11.2. The van der Waals surface area contributed by atoms with Crippen LogP contribution in [0.5, 0.6) is 0 Å². The molecule has 0 fully saturated rings. The summed E-state index contributed by atoms with van der Waals surface area (Å²) in [5.41, 5.74) is 3.66. The third-order valence-corrected chi connectivity index (χ3v) is 3.19. The third-order valence-electron chi connectivity index (χ3n) is 3.19. The molecule has 1 aliphatic carbocycles. The fourth-order valence-corrected chi connectivity index (χ4v) is 2.44. The van der Waals surface area contributed by atoms with Gasteiger partial charge in [-0.05, 0) is 36.0 Å². The Balaban J connectivity index is 2.12. The van der Waals surface area contributed by atoms with E-state index in [1.54, 1.807) is 6.08 Å². The first-order valence-electron chi connectivity index (χ1n) is 5.58. The van der Waals surface area contributed by atoms with E-state index >= 15 is 0 Å². The summed E-state index contributed by atoms with van der Waals surface area (Å²) < 4.78 is 0. The van der Waals surface area contributed by atoms with Crippen molar-refractivity contribution in [3.63, 3.8) is 0 Å². The third kappa shape index (κ3) is 1.48. The van der Waals surface area contributed by atoms with Crippen molar-refractivity contribution >= 4 is 5.91 Å². The van der Waals surface area contributed by atoms with Crippen LogP contribution in [-0.2, 0) is 11.2 Å². The quantitative estimate of drug-likeness (QED) is 0.651. The Labute approximate surface area is 93.9 Å². The molecule has 2 aliphatic rings. The summed E-state index contributed by atoms with van der Waals surface area (Å²) >= 11 is 0. The predicted molar refractivity (Wildman–Crippen MR) is 60.1 cm³/mol. The maximum atomic E-state index is 11.2. The van der Waals surface area contributed by atoms with E-state index < -0.39 is 0 Å². The van der Waals surface area contributed by atoms with Crippen molar-refractivity contribution in [2.24, 2.45) is 10.2 Å². The van der Waals surface area contributed by atoms with E-state index in [4.69, 9.17) is 0 Å². The van der Waals surface area contributed by atoms with Gasteiger partial charge in [0.2, 0.25) is 0 Å². The fourth-order valence-electron chi connectivity index (χ4n) is 2.44. The maximum absolute atomic E-state index is 11.2. The normalized spacial score (nSPS) is 23.1.